The number of hydrogen-bond donors (Lipinski definition) is 1. The first-order valence-corrected chi connectivity index (χ1v) is 8.26. The Morgan fingerprint density at radius 2 is 1.85 bits per heavy atom. The van der Waals surface area contributed by atoms with Gasteiger partial charge in [0.2, 0.25) is 11.8 Å². The molecule has 1 unspecified atom stereocenters. The SMILES string of the molecule is O=C(NCc1ccc(F)cc1)C1CCN(c2cccc(C(F)(F)F)c2)C1=O. The zero-order chi connectivity index (χ0) is 19.6. The molecule has 2 aromatic rings. The Hall–Kier alpha value is -2.90. The Bertz CT molecular complexity index is 850. The van der Waals surface area contributed by atoms with Gasteiger partial charge in [0.25, 0.3) is 0 Å². The number of carbonyl (C=O) groups is 2. The van der Waals surface area contributed by atoms with Gasteiger partial charge in [0.05, 0.1) is 5.56 Å². The van der Waals surface area contributed by atoms with Gasteiger partial charge in [0.15, 0.2) is 0 Å². The monoisotopic (exact) mass is 380 g/mol. The zero-order valence-corrected chi connectivity index (χ0v) is 14.1. The maximum Gasteiger partial charge on any atom is 0.416 e. The van der Waals surface area contributed by atoms with Crippen molar-refractivity contribution in [1.29, 1.82) is 0 Å². The average molecular weight is 380 g/mol. The third-order valence-corrected chi connectivity index (χ3v) is 4.39. The highest BCUT2D eigenvalue weighted by Crippen LogP contribution is 2.33. The van der Waals surface area contributed by atoms with Crippen molar-refractivity contribution in [3.8, 4) is 0 Å². The number of anilines is 1. The lowest BCUT2D eigenvalue weighted by Gasteiger charge is -2.18. The lowest BCUT2D eigenvalue weighted by molar-refractivity contribution is -0.138. The molecule has 0 bridgehead atoms. The van der Waals surface area contributed by atoms with Crippen LogP contribution in [0, 0.1) is 11.7 Å². The maximum absolute atomic E-state index is 12.9. The van der Waals surface area contributed by atoms with E-state index in [1.54, 1.807) is 0 Å². The van der Waals surface area contributed by atoms with Crippen molar-refractivity contribution in [2.45, 2.75) is 19.1 Å². The van der Waals surface area contributed by atoms with Gasteiger partial charge in [-0.3, -0.25) is 9.59 Å². The molecular weight excluding hydrogens is 364 g/mol. The minimum atomic E-state index is -4.51. The molecule has 0 radical (unpaired) electrons. The van der Waals surface area contributed by atoms with E-state index >= 15 is 0 Å². The molecule has 0 spiro atoms. The van der Waals surface area contributed by atoms with Gasteiger partial charge in [-0.05, 0) is 42.3 Å². The Morgan fingerprint density at radius 1 is 1.15 bits per heavy atom. The highest BCUT2D eigenvalue weighted by molar-refractivity contribution is 6.09. The van der Waals surface area contributed by atoms with Crippen LogP contribution in [0.5, 0.6) is 0 Å². The molecule has 1 heterocycles. The number of benzene rings is 2. The standard InChI is InChI=1S/C19H16F4N2O2/c20-14-6-4-12(5-7-14)11-24-17(26)16-8-9-25(18(16)27)15-3-1-2-13(10-15)19(21,22)23/h1-7,10,16H,8-9,11H2,(H,24,26). The van der Waals surface area contributed by atoms with Gasteiger partial charge < -0.3 is 10.2 Å². The van der Waals surface area contributed by atoms with Crippen molar-refractivity contribution in [3.63, 3.8) is 0 Å². The fourth-order valence-corrected chi connectivity index (χ4v) is 2.94. The van der Waals surface area contributed by atoms with Gasteiger partial charge in [0, 0.05) is 18.8 Å². The first kappa shape index (κ1) is 18.9. The van der Waals surface area contributed by atoms with Crippen LogP contribution in [0.15, 0.2) is 48.5 Å². The van der Waals surface area contributed by atoms with Crippen LogP contribution >= 0.6 is 0 Å². The summed E-state index contributed by atoms with van der Waals surface area (Å²) in [5.41, 5.74) is -0.0643. The lowest BCUT2D eigenvalue weighted by Crippen LogP contribution is -2.36. The molecule has 1 aliphatic heterocycles. The second kappa shape index (κ2) is 7.38. The molecule has 1 fully saturated rings. The van der Waals surface area contributed by atoms with E-state index in [0.717, 1.165) is 12.1 Å². The van der Waals surface area contributed by atoms with Crippen LogP contribution in [0.1, 0.15) is 17.5 Å². The number of halogens is 4. The summed E-state index contributed by atoms with van der Waals surface area (Å²) in [5.74, 6) is -2.39. The third kappa shape index (κ3) is 4.27. The molecule has 2 aromatic carbocycles. The molecule has 8 heteroatoms. The quantitative estimate of drug-likeness (QED) is 0.652. The number of rotatable bonds is 4. The van der Waals surface area contributed by atoms with Gasteiger partial charge in [-0.15, -0.1) is 0 Å². The normalized spacial score (nSPS) is 17.3. The summed E-state index contributed by atoms with van der Waals surface area (Å²) >= 11 is 0. The van der Waals surface area contributed by atoms with Crippen molar-refractivity contribution in [2.24, 2.45) is 5.92 Å². The van der Waals surface area contributed by atoms with Gasteiger partial charge in [-0.1, -0.05) is 18.2 Å². The Labute approximate surface area is 152 Å². The number of carbonyl (C=O) groups excluding carboxylic acids is 2. The number of hydrogen-bond acceptors (Lipinski definition) is 2. The second-order valence-electron chi connectivity index (χ2n) is 6.22. The highest BCUT2D eigenvalue weighted by Gasteiger charge is 2.38. The summed E-state index contributed by atoms with van der Waals surface area (Å²) in [6.45, 7) is 0.293. The predicted octanol–water partition coefficient (Wildman–Crippen LogP) is 3.51. The van der Waals surface area contributed by atoms with Crippen LogP contribution in [0.4, 0.5) is 23.2 Å². The largest absolute Gasteiger partial charge is 0.416 e. The van der Waals surface area contributed by atoms with E-state index in [2.05, 4.69) is 5.32 Å². The van der Waals surface area contributed by atoms with Crippen LogP contribution in [-0.2, 0) is 22.3 Å². The molecule has 1 atom stereocenters. The van der Waals surface area contributed by atoms with E-state index < -0.39 is 35.3 Å². The van der Waals surface area contributed by atoms with Gasteiger partial charge in [-0.25, -0.2) is 4.39 Å². The highest BCUT2D eigenvalue weighted by atomic mass is 19.4. The van der Waals surface area contributed by atoms with Crippen molar-refractivity contribution in [1.82, 2.24) is 5.32 Å². The van der Waals surface area contributed by atoms with Gasteiger partial charge in [-0.2, -0.15) is 13.2 Å². The molecule has 1 saturated heterocycles. The van der Waals surface area contributed by atoms with Crippen LogP contribution in [0.25, 0.3) is 0 Å². The van der Waals surface area contributed by atoms with Crippen LogP contribution < -0.4 is 10.2 Å². The molecule has 0 aromatic heterocycles. The van der Waals surface area contributed by atoms with Gasteiger partial charge in [0.1, 0.15) is 11.7 Å². The van der Waals surface area contributed by atoms with E-state index in [4.69, 9.17) is 0 Å². The van der Waals surface area contributed by atoms with Crippen molar-refractivity contribution >= 4 is 17.5 Å². The van der Waals surface area contributed by atoms with E-state index in [1.807, 2.05) is 0 Å². The van der Waals surface area contributed by atoms with Crippen LogP contribution in [0.2, 0.25) is 0 Å². The molecular formula is C19H16F4N2O2. The molecule has 3 rings (SSSR count). The topological polar surface area (TPSA) is 49.4 Å². The summed E-state index contributed by atoms with van der Waals surface area (Å²) in [6.07, 6.45) is -4.30. The third-order valence-electron chi connectivity index (χ3n) is 4.39. The average Bonchev–Trinajstić information content (AvgIpc) is 3.02. The van der Waals surface area contributed by atoms with Gasteiger partial charge >= 0.3 is 6.18 Å². The molecule has 142 valence electrons. The summed E-state index contributed by atoms with van der Waals surface area (Å²) in [5, 5.41) is 2.61. The number of nitrogens with zero attached hydrogens (tertiary/aromatic N) is 1. The minimum Gasteiger partial charge on any atom is -0.351 e. The fourth-order valence-electron chi connectivity index (χ4n) is 2.94. The van der Waals surface area contributed by atoms with Crippen molar-refractivity contribution < 1.29 is 27.2 Å². The maximum atomic E-state index is 12.9. The molecule has 4 nitrogen and oxygen atoms in total. The van der Waals surface area contributed by atoms with Crippen LogP contribution in [0.3, 0.4) is 0 Å². The predicted molar refractivity (Wildman–Crippen MR) is 90.2 cm³/mol. The first-order valence-electron chi connectivity index (χ1n) is 8.26. The molecule has 0 saturated carbocycles. The second-order valence-corrected chi connectivity index (χ2v) is 6.22. The summed E-state index contributed by atoms with van der Waals surface area (Å²) in [4.78, 5) is 26.0. The lowest BCUT2D eigenvalue weighted by atomic mass is 10.1. The number of alkyl halides is 3. The number of nitrogens with one attached hydrogen (secondary N) is 1. The fraction of sp³-hybridized carbons (Fsp3) is 0.263. The molecule has 1 N–H and O–H groups in total. The molecule has 27 heavy (non-hydrogen) atoms. The summed E-state index contributed by atoms with van der Waals surface area (Å²) in [6, 6.07) is 10.0. The molecule has 0 aliphatic carbocycles. The van der Waals surface area contributed by atoms with E-state index in [9.17, 15) is 27.2 Å². The Kier molecular flexibility index (Phi) is 5.16. The zero-order valence-electron chi connectivity index (χ0n) is 14.1. The summed E-state index contributed by atoms with van der Waals surface area (Å²) < 4.78 is 51.4. The van der Waals surface area contributed by atoms with Crippen molar-refractivity contribution in [3.05, 3.63) is 65.5 Å². The molecule has 2 amide bonds. The summed E-state index contributed by atoms with van der Waals surface area (Å²) in [7, 11) is 0. The van der Waals surface area contributed by atoms with Crippen molar-refractivity contribution in [2.75, 3.05) is 11.4 Å². The first-order chi connectivity index (χ1) is 12.8. The smallest absolute Gasteiger partial charge is 0.351 e. The van der Waals surface area contributed by atoms with E-state index in [1.165, 1.54) is 41.3 Å². The van der Waals surface area contributed by atoms with E-state index in [-0.39, 0.29) is 25.2 Å². The van der Waals surface area contributed by atoms with Crippen LogP contribution in [-0.4, -0.2) is 18.4 Å². The Morgan fingerprint density at radius 3 is 2.52 bits per heavy atom. The molecule has 1 aliphatic rings. The van der Waals surface area contributed by atoms with E-state index in [0.29, 0.717) is 5.56 Å². The minimum absolute atomic E-state index is 0.114. The Balaban J connectivity index is 1.66. The number of amides is 2.